The topological polar surface area (TPSA) is 118 Å². The zero-order chi connectivity index (χ0) is 19.3. The third-order valence-electron chi connectivity index (χ3n) is 4.15. The van der Waals surface area contributed by atoms with E-state index in [4.69, 9.17) is 29.9 Å². The Hall–Kier alpha value is -1.00. The smallest absolute Gasteiger partial charge is 0.376 e. The van der Waals surface area contributed by atoms with E-state index < -0.39 is 55.2 Å². The number of phosphoric ester groups is 1. The van der Waals surface area contributed by atoms with Gasteiger partial charge in [-0.05, 0) is 20.8 Å². The fourth-order valence-corrected chi connectivity index (χ4v) is 5.05. The quantitative estimate of drug-likeness (QED) is 0.572. The van der Waals surface area contributed by atoms with E-state index in [0.29, 0.717) is 4.57 Å². The summed E-state index contributed by atoms with van der Waals surface area (Å²) >= 11 is 6.62. The molecule has 10 nitrogen and oxygen atoms in total. The molecule has 2 aliphatic heterocycles. The summed E-state index contributed by atoms with van der Waals surface area (Å²) in [5.41, 5.74) is -1.45. The predicted octanol–water partition coefficient (Wildman–Crippen LogP) is 0.803. The maximum absolute atomic E-state index is 12.6. The number of hydrogen-bond acceptors (Lipinski definition) is 8. The summed E-state index contributed by atoms with van der Waals surface area (Å²) in [4.78, 5) is 22.8. The molecule has 12 heteroatoms. The van der Waals surface area contributed by atoms with E-state index in [1.165, 1.54) is 6.20 Å². The number of nitrogens with zero attached hydrogens (tertiary/aromatic N) is 2. The van der Waals surface area contributed by atoms with E-state index in [0.717, 1.165) is 10.6 Å². The van der Waals surface area contributed by atoms with E-state index in [2.05, 4.69) is 0 Å². The lowest BCUT2D eigenvalue weighted by atomic mass is 10.0. The van der Waals surface area contributed by atoms with Gasteiger partial charge in [-0.3, -0.25) is 22.9 Å². The summed E-state index contributed by atoms with van der Waals surface area (Å²) in [5, 5.41) is 9.23. The van der Waals surface area contributed by atoms with Crippen LogP contribution < -0.4 is 11.2 Å². The summed E-state index contributed by atoms with van der Waals surface area (Å²) in [6, 6.07) is 1.11. The predicted molar refractivity (Wildman–Crippen MR) is 90.0 cm³/mol. The molecule has 0 aliphatic carbocycles. The number of halogens is 1. The number of aliphatic hydroxyl groups excluding tert-OH is 1. The van der Waals surface area contributed by atoms with Crippen LogP contribution in [-0.2, 0) is 29.6 Å². The molecule has 5 atom stereocenters. The number of aliphatic hydroxyl groups is 1. The molecular weight excluding hydrogens is 391 g/mol. The fraction of sp³-hybridized carbons (Fsp3) is 0.714. The molecule has 26 heavy (non-hydrogen) atoms. The second-order valence-corrected chi connectivity index (χ2v) is 8.90. The highest BCUT2D eigenvalue weighted by atomic mass is 35.5. The third kappa shape index (κ3) is 3.31. The molecule has 146 valence electrons. The zero-order valence-electron chi connectivity index (χ0n) is 14.4. The van der Waals surface area contributed by atoms with Gasteiger partial charge in [0.1, 0.15) is 23.8 Å². The second-order valence-electron chi connectivity index (χ2n) is 6.51. The number of hydrogen-bond donors (Lipinski definition) is 1. The van der Waals surface area contributed by atoms with E-state index in [1.54, 1.807) is 20.8 Å². The maximum Gasteiger partial charge on any atom is 0.475 e. The molecular formula is C14H20ClN2O8P. The standard InChI is InChI=1S/C14H20ClN2O8P/c1-8(2)24-26(21)22-6-9-11(25-26)14(3,15)12(23-9)16-5-4-10(19)17(7-18)13(16)20/h4-5,8-9,11-12,18H,6-7H2,1-3H3/t9-,11-,12-,14-,26?/m1/s1. The van der Waals surface area contributed by atoms with Gasteiger partial charge < -0.3 is 9.84 Å². The summed E-state index contributed by atoms with van der Waals surface area (Å²) < 4.78 is 36.1. The Morgan fingerprint density at radius 3 is 2.81 bits per heavy atom. The number of rotatable bonds is 4. The van der Waals surface area contributed by atoms with E-state index in [1.807, 2.05) is 0 Å². The lowest BCUT2D eigenvalue weighted by molar-refractivity contribution is -0.0752. The lowest BCUT2D eigenvalue weighted by Crippen LogP contribution is -2.47. The van der Waals surface area contributed by atoms with Crippen molar-refractivity contribution in [3.05, 3.63) is 33.1 Å². The van der Waals surface area contributed by atoms with Gasteiger partial charge in [-0.2, -0.15) is 0 Å². The first-order valence-corrected chi connectivity index (χ1v) is 9.81. The van der Waals surface area contributed by atoms with Crippen LogP contribution in [-0.4, -0.2) is 44.0 Å². The van der Waals surface area contributed by atoms with Crippen LogP contribution in [0.2, 0.25) is 0 Å². The van der Waals surface area contributed by atoms with Crippen LogP contribution in [0.15, 0.2) is 21.9 Å². The van der Waals surface area contributed by atoms with Crippen LogP contribution >= 0.6 is 19.4 Å². The Kier molecular flexibility index (Phi) is 5.22. The van der Waals surface area contributed by atoms with Gasteiger partial charge in [-0.1, -0.05) is 0 Å². The zero-order valence-corrected chi connectivity index (χ0v) is 16.1. The molecule has 2 fully saturated rings. The minimum atomic E-state index is -3.82. The average molecular weight is 411 g/mol. The molecule has 0 aromatic carbocycles. The first-order valence-electron chi connectivity index (χ1n) is 7.97. The SMILES string of the molecule is CC(C)OP1(=O)OC[C@H]2O[C@@H](n3ccc(=O)n(CO)c3=O)[C@](C)(Cl)[C@@H]2O1. The van der Waals surface area contributed by atoms with Crippen molar-refractivity contribution in [2.75, 3.05) is 6.61 Å². The summed E-state index contributed by atoms with van der Waals surface area (Å²) in [6.07, 6.45) is -1.78. The van der Waals surface area contributed by atoms with Crippen molar-refractivity contribution >= 4 is 19.4 Å². The van der Waals surface area contributed by atoms with Crippen LogP contribution in [0.1, 0.15) is 27.0 Å². The minimum absolute atomic E-state index is 0.0954. The van der Waals surface area contributed by atoms with Gasteiger partial charge in [-0.25, -0.2) is 13.9 Å². The highest BCUT2D eigenvalue weighted by Gasteiger charge is 2.60. The monoisotopic (exact) mass is 410 g/mol. The largest absolute Gasteiger partial charge is 0.475 e. The van der Waals surface area contributed by atoms with E-state index >= 15 is 0 Å². The van der Waals surface area contributed by atoms with Gasteiger partial charge in [-0.15, -0.1) is 11.6 Å². The molecule has 1 N–H and O–H groups in total. The molecule has 1 aromatic rings. The molecule has 0 amide bonds. The molecule has 3 rings (SSSR count). The molecule has 0 bridgehead atoms. The average Bonchev–Trinajstić information content (AvgIpc) is 2.78. The molecule has 0 spiro atoms. The Morgan fingerprint density at radius 1 is 1.50 bits per heavy atom. The van der Waals surface area contributed by atoms with Crippen molar-refractivity contribution in [2.45, 2.75) is 56.9 Å². The number of ether oxygens (including phenoxy) is 1. The molecule has 0 saturated carbocycles. The maximum atomic E-state index is 12.6. The van der Waals surface area contributed by atoms with Crippen LogP contribution in [0.3, 0.4) is 0 Å². The van der Waals surface area contributed by atoms with Crippen LogP contribution in [0.5, 0.6) is 0 Å². The molecule has 2 aliphatic rings. The highest BCUT2D eigenvalue weighted by Crippen LogP contribution is 2.60. The molecule has 1 unspecified atom stereocenters. The Balaban J connectivity index is 1.96. The summed E-state index contributed by atoms with van der Waals surface area (Å²) in [6.45, 7) is 4.06. The summed E-state index contributed by atoms with van der Waals surface area (Å²) in [5.74, 6) is 0. The second kappa shape index (κ2) is 6.87. The number of aromatic nitrogens is 2. The van der Waals surface area contributed by atoms with Gasteiger partial charge in [0, 0.05) is 12.3 Å². The molecule has 1 aromatic heterocycles. The molecule has 2 saturated heterocycles. The van der Waals surface area contributed by atoms with Gasteiger partial charge in [0.2, 0.25) is 0 Å². The lowest BCUT2D eigenvalue weighted by Gasteiger charge is -2.35. The first-order chi connectivity index (χ1) is 12.1. The normalized spacial score (nSPS) is 37.1. The molecule has 0 radical (unpaired) electrons. The fourth-order valence-electron chi connectivity index (χ4n) is 3.00. The van der Waals surface area contributed by atoms with Crippen molar-refractivity contribution in [2.24, 2.45) is 0 Å². The van der Waals surface area contributed by atoms with Gasteiger partial charge in [0.05, 0.1) is 12.7 Å². The van der Waals surface area contributed by atoms with Crippen molar-refractivity contribution in [1.82, 2.24) is 9.13 Å². The van der Waals surface area contributed by atoms with Gasteiger partial charge >= 0.3 is 13.5 Å². The number of alkyl halides is 1. The third-order valence-corrected chi connectivity index (χ3v) is 6.18. The van der Waals surface area contributed by atoms with E-state index in [9.17, 15) is 19.3 Å². The molecule has 3 heterocycles. The van der Waals surface area contributed by atoms with E-state index in [-0.39, 0.29) is 6.61 Å². The summed E-state index contributed by atoms with van der Waals surface area (Å²) in [7, 11) is -3.82. The number of phosphoric acid groups is 1. The van der Waals surface area contributed by atoms with Gasteiger partial charge in [0.15, 0.2) is 6.23 Å². The minimum Gasteiger partial charge on any atom is -0.376 e. The highest BCUT2D eigenvalue weighted by molar-refractivity contribution is 7.48. The van der Waals surface area contributed by atoms with Crippen molar-refractivity contribution in [1.29, 1.82) is 0 Å². The Labute approximate surface area is 153 Å². The van der Waals surface area contributed by atoms with Crippen molar-refractivity contribution in [3.63, 3.8) is 0 Å². The van der Waals surface area contributed by atoms with Gasteiger partial charge in [0.25, 0.3) is 5.56 Å². The number of fused-ring (bicyclic) bond motifs is 1. The van der Waals surface area contributed by atoms with Crippen LogP contribution in [0.25, 0.3) is 0 Å². The van der Waals surface area contributed by atoms with Crippen LogP contribution in [0, 0.1) is 0 Å². The van der Waals surface area contributed by atoms with Crippen LogP contribution in [0.4, 0.5) is 0 Å². The van der Waals surface area contributed by atoms with Crippen molar-refractivity contribution in [3.8, 4) is 0 Å². The van der Waals surface area contributed by atoms with Crippen molar-refractivity contribution < 1.29 is 28.0 Å². The Bertz CT molecular complexity index is 850. The first kappa shape index (κ1) is 19.8. The Morgan fingerprint density at radius 2 is 2.19 bits per heavy atom.